The lowest BCUT2D eigenvalue weighted by molar-refractivity contribution is -0.213. The number of fused-ring (bicyclic) bond motifs is 1. The molecule has 1 aliphatic rings. The number of benzene rings is 2. The Morgan fingerprint density at radius 1 is 1.17 bits per heavy atom. The maximum Gasteiger partial charge on any atom is 0.118 e. The zero-order chi connectivity index (χ0) is 17.3. The van der Waals surface area contributed by atoms with Crippen molar-refractivity contribution in [3.05, 3.63) is 48.0 Å². The average molecular weight is 332 g/mol. The molecule has 4 atom stereocenters. The van der Waals surface area contributed by atoms with E-state index in [2.05, 4.69) is 12.1 Å². The van der Waals surface area contributed by atoms with Gasteiger partial charge in [0.05, 0.1) is 17.8 Å². The van der Waals surface area contributed by atoms with Crippen LogP contribution < -0.4 is 0 Å². The van der Waals surface area contributed by atoms with Gasteiger partial charge in [0.2, 0.25) is 0 Å². The third-order valence-electron chi connectivity index (χ3n) is 4.35. The number of alkyl halides is 1. The van der Waals surface area contributed by atoms with Crippen LogP contribution in [-0.2, 0) is 9.47 Å². The summed E-state index contributed by atoms with van der Waals surface area (Å²) in [7, 11) is 0. The maximum atomic E-state index is 13.3. The predicted molar refractivity (Wildman–Crippen MR) is 92.8 cm³/mol. The van der Waals surface area contributed by atoms with Gasteiger partial charge in [0.1, 0.15) is 18.9 Å². The summed E-state index contributed by atoms with van der Waals surface area (Å²) in [6.45, 7) is 5.08. The molecule has 0 aromatic heterocycles. The SMILES string of the molecule is CC(C)(C)O[C@@H]1C[C@H](c2ccc3ccccc3c2)O[C@H](CF)[C@H]1O. The molecule has 3 rings (SSSR count). The molecule has 0 radical (unpaired) electrons. The molecule has 2 aromatic rings. The Bertz CT molecular complexity index is 695. The number of rotatable bonds is 3. The van der Waals surface area contributed by atoms with Crippen LogP contribution in [0.4, 0.5) is 4.39 Å². The van der Waals surface area contributed by atoms with Crippen molar-refractivity contribution in [2.75, 3.05) is 6.67 Å². The first-order valence-electron chi connectivity index (χ1n) is 8.43. The van der Waals surface area contributed by atoms with E-state index in [1.54, 1.807) is 0 Å². The zero-order valence-corrected chi connectivity index (χ0v) is 14.4. The van der Waals surface area contributed by atoms with E-state index >= 15 is 0 Å². The highest BCUT2D eigenvalue weighted by atomic mass is 19.1. The Labute approximate surface area is 142 Å². The minimum Gasteiger partial charge on any atom is -0.388 e. The lowest BCUT2D eigenvalue weighted by atomic mass is 9.92. The van der Waals surface area contributed by atoms with Crippen LogP contribution in [0.15, 0.2) is 42.5 Å². The minimum absolute atomic E-state index is 0.286. The van der Waals surface area contributed by atoms with E-state index in [4.69, 9.17) is 9.47 Å². The average Bonchev–Trinajstić information content (AvgIpc) is 2.55. The minimum atomic E-state index is -0.953. The molecule has 24 heavy (non-hydrogen) atoms. The molecule has 0 unspecified atom stereocenters. The molecule has 1 fully saturated rings. The van der Waals surface area contributed by atoms with Crippen LogP contribution in [0.2, 0.25) is 0 Å². The van der Waals surface area contributed by atoms with Crippen LogP contribution in [0.25, 0.3) is 10.8 Å². The smallest absolute Gasteiger partial charge is 0.118 e. The molecule has 130 valence electrons. The summed E-state index contributed by atoms with van der Waals surface area (Å²) >= 11 is 0. The summed E-state index contributed by atoms with van der Waals surface area (Å²) in [5.74, 6) is 0. The molecular formula is C20H25FO3. The summed E-state index contributed by atoms with van der Waals surface area (Å²) in [4.78, 5) is 0. The number of hydrogen-bond acceptors (Lipinski definition) is 3. The third-order valence-corrected chi connectivity index (χ3v) is 4.35. The van der Waals surface area contributed by atoms with Gasteiger partial charge in [-0.1, -0.05) is 36.4 Å². The third kappa shape index (κ3) is 3.77. The molecule has 1 aliphatic heterocycles. The second kappa shape index (κ2) is 6.79. The van der Waals surface area contributed by atoms with Crippen molar-refractivity contribution in [2.24, 2.45) is 0 Å². The van der Waals surface area contributed by atoms with Gasteiger partial charge < -0.3 is 14.6 Å². The van der Waals surface area contributed by atoms with Crippen molar-refractivity contribution < 1.29 is 19.0 Å². The van der Waals surface area contributed by atoms with Gasteiger partial charge in [0.25, 0.3) is 0 Å². The van der Waals surface area contributed by atoms with Gasteiger partial charge in [0, 0.05) is 6.42 Å². The molecule has 1 N–H and O–H groups in total. The lowest BCUT2D eigenvalue weighted by Crippen LogP contribution is -2.50. The summed E-state index contributed by atoms with van der Waals surface area (Å²) in [6, 6.07) is 14.2. The predicted octanol–water partition coefficient (Wildman–Crippen LogP) is 4.18. The molecule has 0 spiro atoms. The van der Waals surface area contributed by atoms with Crippen molar-refractivity contribution in [1.29, 1.82) is 0 Å². The lowest BCUT2D eigenvalue weighted by Gasteiger charge is -2.41. The van der Waals surface area contributed by atoms with Crippen LogP contribution in [0.3, 0.4) is 0 Å². The fourth-order valence-corrected chi connectivity index (χ4v) is 3.26. The second-order valence-corrected chi connectivity index (χ2v) is 7.42. The van der Waals surface area contributed by atoms with E-state index in [-0.39, 0.29) is 6.10 Å². The van der Waals surface area contributed by atoms with Gasteiger partial charge in [-0.3, -0.25) is 0 Å². The molecule has 0 bridgehead atoms. The first kappa shape index (κ1) is 17.3. The number of hydrogen-bond donors (Lipinski definition) is 1. The Morgan fingerprint density at radius 3 is 2.54 bits per heavy atom. The van der Waals surface area contributed by atoms with Crippen LogP contribution in [0.5, 0.6) is 0 Å². The van der Waals surface area contributed by atoms with Crippen molar-refractivity contribution in [1.82, 2.24) is 0 Å². The Balaban J connectivity index is 1.87. The molecule has 1 saturated heterocycles. The van der Waals surface area contributed by atoms with Gasteiger partial charge in [-0.25, -0.2) is 4.39 Å². The summed E-state index contributed by atoms with van der Waals surface area (Å²) < 4.78 is 25.1. The van der Waals surface area contributed by atoms with Gasteiger partial charge in [-0.2, -0.15) is 0 Å². The second-order valence-electron chi connectivity index (χ2n) is 7.42. The number of ether oxygens (including phenoxy) is 2. The summed E-state index contributed by atoms with van der Waals surface area (Å²) in [6.07, 6.45) is -2.04. The number of aliphatic hydroxyl groups is 1. The van der Waals surface area contributed by atoms with E-state index in [1.807, 2.05) is 51.1 Å². The summed E-state index contributed by atoms with van der Waals surface area (Å²) in [5, 5.41) is 12.6. The topological polar surface area (TPSA) is 38.7 Å². The standard InChI is InChI=1S/C20H25FO3/c1-20(2,3)24-17-11-16(23-18(12-21)19(17)22)15-9-8-13-6-4-5-7-14(13)10-15/h4-10,16-19,22H,11-12H2,1-3H3/t16-,17-,18-,19+/m1/s1. The van der Waals surface area contributed by atoms with Gasteiger partial charge in [-0.15, -0.1) is 0 Å². The highest BCUT2D eigenvalue weighted by Crippen LogP contribution is 2.36. The van der Waals surface area contributed by atoms with Crippen molar-refractivity contribution >= 4 is 10.8 Å². The molecule has 0 saturated carbocycles. The van der Waals surface area contributed by atoms with Crippen LogP contribution >= 0.6 is 0 Å². The monoisotopic (exact) mass is 332 g/mol. The molecule has 1 heterocycles. The fourth-order valence-electron chi connectivity index (χ4n) is 3.26. The summed E-state index contributed by atoms with van der Waals surface area (Å²) in [5.41, 5.74) is 0.583. The Morgan fingerprint density at radius 2 is 1.88 bits per heavy atom. The molecule has 0 aliphatic carbocycles. The van der Waals surface area contributed by atoms with E-state index in [0.29, 0.717) is 6.42 Å². The first-order valence-corrected chi connectivity index (χ1v) is 8.43. The zero-order valence-electron chi connectivity index (χ0n) is 14.4. The Kier molecular flexibility index (Phi) is 4.90. The van der Waals surface area contributed by atoms with Crippen molar-refractivity contribution in [3.63, 3.8) is 0 Å². The fraction of sp³-hybridized carbons (Fsp3) is 0.500. The number of halogens is 1. The van der Waals surface area contributed by atoms with E-state index in [0.717, 1.165) is 16.3 Å². The maximum absolute atomic E-state index is 13.3. The largest absolute Gasteiger partial charge is 0.388 e. The molecule has 4 heteroatoms. The van der Waals surface area contributed by atoms with Crippen molar-refractivity contribution in [3.8, 4) is 0 Å². The van der Waals surface area contributed by atoms with Crippen LogP contribution in [0, 0.1) is 0 Å². The Hall–Kier alpha value is -1.49. The highest BCUT2D eigenvalue weighted by Gasteiger charge is 2.40. The normalized spacial score (nSPS) is 28.2. The van der Waals surface area contributed by atoms with Crippen LogP contribution in [0.1, 0.15) is 38.9 Å². The first-order chi connectivity index (χ1) is 11.4. The number of aliphatic hydroxyl groups excluding tert-OH is 1. The quantitative estimate of drug-likeness (QED) is 0.916. The van der Waals surface area contributed by atoms with Crippen molar-refractivity contribution in [2.45, 2.75) is 57.2 Å². The molecule has 0 amide bonds. The van der Waals surface area contributed by atoms with Gasteiger partial charge in [0.15, 0.2) is 0 Å². The van der Waals surface area contributed by atoms with E-state index in [9.17, 15) is 9.50 Å². The molecule has 2 aromatic carbocycles. The van der Waals surface area contributed by atoms with Gasteiger partial charge in [-0.05, 0) is 43.2 Å². The van der Waals surface area contributed by atoms with Crippen LogP contribution in [-0.4, -0.2) is 35.7 Å². The highest BCUT2D eigenvalue weighted by molar-refractivity contribution is 5.83. The van der Waals surface area contributed by atoms with E-state index < -0.39 is 30.6 Å². The molecular weight excluding hydrogens is 307 g/mol. The van der Waals surface area contributed by atoms with E-state index in [1.165, 1.54) is 0 Å². The van der Waals surface area contributed by atoms with Gasteiger partial charge >= 0.3 is 0 Å². The molecule has 3 nitrogen and oxygen atoms in total.